The van der Waals surface area contributed by atoms with Gasteiger partial charge in [-0.2, -0.15) is 0 Å². The molecule has 0 bridgehead atoms. The van der Waals surface area contributed by atoms with Crippen LogP contribution in [0.4, 0.5) is 4.39 Å². The topological polar surface area (TPSA) is 38.1 Å². The van der Waals surface area contributed by atoms with E-state index in [1.807, 2.05) is 6.07 Å². The summed E-state index contributed by atoms with van der Waals surface area (Å²) in [5.41, 5.74) is 4.47. The Hall–Kier alpha value is -1.91. The zero-order valence-corrected chi connectivity index (χ0v) is 11.9. The maximum atomic E-state index is 13.5. The van der Waals surface area contributed by atoms with Crippen molar-refractivity contribution in [1.29, 1.82) is 0 Å². The van der Waals surface area contributed by atoms with Crippen LogP contribution in [0, 0.1) is 5.82 Å². The van der Waals surface area contributed by atoms with Crippen molar-refractivity contribution in [3.05, 3.63) is 52.3 Å². The molecule has 21 heavy (non-hydrogen) atoms. The van der Waals surface area contributed by atoms with Crippen LogP contribution in [0.2, 0.25) is 5.02 Å². The number of halogens is 2. The molecule has 1 aliphatic heterocycles. The summed E-state index contributed by atoms with van der Waals surface area (Å²) in [5.74, 6) is -0.0125. The summed E-state index contributed by atoms with van der Waals surface area (Å²) in [7, 11) is 0. The van der Waals surface area contributed by atoms with E-state index in [2.05, 4.69) is 22.4 Å². The van der Waals surface area contributed by atoms with Crippen molar-refractivity contribution in [3.63, 3.8) is 0 Å². The van der Waals surface area contributed by atoms with Crippen molar-refractivity contribution in [2.75, 3.05) is 6.54 Å². The Morgan fingerprint density at radius 3 is 3.00 bits per heavy atom. The lowest BCUT2D eigenvalue weighted by atomic mass is 9.98. The zero-order chi connectivity index (χ0) is 14.4. The van der Waals surface area contributed by atoms with Gasteiger partial charge in [0.2, 0.25) is 5.89 Å². The van der Waals surface area contributed by atoms with Crippen LogP contribution in [0.25, 0.3) is 22.6 Å². The summed E-state index contributed by atoms with van der Waals surface area (Å²) in [6.07, 6.45) is 1.03. The molecule has 2 heterocycles. The molecule has 4 rings (SSSR count). The highest BCUT2D eigenvalue weighted by Gasteiger charge is 2.14. The van der Waals surface area contributed by atoms with Crippen molar-refractivity contribution in [3.8, 4) is 11.5 Å². The van der Waals surface area contributed by atoms with E-state index < -0.39 is 5.82 Å². The first-order chi connectivity index (χ1) is 10.2. The van der Waals surface area contributed by atoms with Crippen LogP contribution >= 0.6 is 11.6 Å². The Labute approximate surface area is 125 Å². The first-order valence-corrected chi connectivity index (χ1v) is 7.17. The molecule has 5 heteroatoms. The molecule has 0 saturated carbocycles. The fourth-order valence-corrected chi connectivity index (χ4v) is 2.82. The number of hydrogen-bond donors (Lipinski definition) is 1. The quantitative estimate of drug-likeness (QED) is 0.740. The van der Waals surface area contributed by atoms with Gasteiger partial charge < -0.3 is 9.73 Å². The van der Waals surface area contributed by atoms with Gasteiger partial charge in [0.15, 0.2) is 5.58 Å². The Kier molecular flexibility index (Phi) is 2.94. The zero-order valence-electron chi connectivity index (χ0n) is 11.1. The van der Waals surface area contributed by atoms with E-state index in [0.717, 1.165) is 25.1 Å². The van der Waals surface area contributed by atoms with Crippen LogP contribution in [0.15, 0.2) is 34.7 Å². The molecule has 106 valence electrons. The smallest absolute Gasteiger partial charge is 0.227 e. The summed E-state index contributed by atoms with van der Waals surface area (Å²) >= 11 is 5.77. The Balaban J connectivity index is 1.82. The molecule has 0 fully saturated rings. The molecule has 0 atom stereocenters. The molecule has 0 amide bonds. The highest BCUT2D eigenvalue weighted by molar-refractivity contribution is 6.31. The van der Waals surface area contributed by atoms with E-state index in [4.69, 9.17) is 16.0 Å². The SMILES string of the molecule is Fc1cc2oc(-c3ccc4c(c3)CNCC4)nc2cc1Cl. The van der Waals surface area contributed by atoms with Crippen LogP contribution in [0.5, 0.6) is 0 Å². The van der Waals surface area contributed by atoms with Crippen molar-refractivity contribution in [1.82, 2.24) is 10.3 Å². The van der Waals surface area contributed by atoms with Gasteiger partial charge >= 0.3 is 0 Å². The van der Waals surface area contributed by atoms with Crippen LogP contribution in [0.1, 0.15) is 11.1 Å². The second-order valence-electron chi connectivity index (χ2n) is 5.16. The van der Waals surface area contributed by atoms with E-state index >= 15 is 0 Å². The summed E-state index contributed by atoms with van der Waals surface area (Å²) < 4.78 is 19.1. The summed E-state index contributed by atoms with van der Waals surface area (Å²) in [6, 6.07) is 8.93. The first-order valence-electron chi connectivity index (χ1n) is 6.79. The van der Waals surface area contributed by atoms with Gasteiger partial charge in [-0.05, 0) is 42.3 Å². The Bertz CT molecular complexity index is 805. The number of aromatic nitrogens is 1. The van der Waals surface area contributed by atoms with Crippen molar-refractivity contribution in [2.45, 2.75) is 13.0 Å². The first kappa shape index (κ1) is 12.8. The number of hydrogen-bond acceptors (Lipinski definition) is 3. The highest BCUT2D eigenvalue weighted by atomic mass is 35.5. The third-order valence-electron chi connectivity index (χ3n) is 3.77. The van der Waals surface area contributed by atoms with E-state index in [0.29, 0.717) is 17.0 Å². The van der Waals surface area contributed by atoms with Crippen LogP contribution in [-0.4, -0.2) is 11.5 Å². The van der Waals surface area contributed by atoms with Crippen LogP contribution in [-0.2, 0) is 13.0 Å². The average Bonchev–Trinajstić information content (AvgIpc) is 2.90. The standard InChI is InChI=1S/C16H12ClFN2O/c17-12-6-14-15(7-13(12)18)21-16(20-14)10-2-1-9-3-4-19-8-11(9)5-10/h1-2,5-7,19H,3-4,8H2. The van der Waals surface area contributed by atoms with E-state index in [9.17, 15) is 4.39 Å². The van der Waals surface area contributed by atoms with Gasteiger partial charge in [0.1, 0.15) is 11.3 Å². The van der Waals surface area contributed by atoms with E-state index in [-0.39, 0.29) is 5.02 Å². The second kappa shape index (κ2) is 4.83. The minimum Gasteiger partial charge on any atom is -0.436 e. The monoisotopic (exact) mass is 302 g/mol. The summed E-state index contributed by atoms with van der Waals surface area (Å²) in [4.78, 5) is 4.40. The van der Waals surface area contributed by atoms with Gasteiger partial charge in [0.25, 0.3) is 0 Å². The third-order valence-corrected chi connectivity index (χ3v) is 4.06. The molecule has 0 saturated heterocycles. The number of rotatable bonds is 1. The molecule has 0 spiro atoms. The molecule has 0 radical (unpaired) electrons. The van der Waals surface area contributed by atoms with Gasteiger partial charge in [-0.1, -0.05) is 17.7 Å². The van der Waals surface area contributed by atoms with E-state index in [1.165, 1.54) is 23.3 Å². The fraction of sp³-hybridized carbons (Fsp3) is 0.188. The molecule has 2 aromatic carbocycles. The lowest BCUT2D eigenvalue weighted by molar-refractivity contribution is 0.602. The number of fused-ring (bicyclic) bond motifs is 2. The lowest BCUT2D eigenvalue weighted by Crippen LogP contribution is -2.23. The lowest BCUT2D eigenvalue weighted by Gasteiger charge is -2.17. The van der Waals surface area contributed by atoms with Crippen molar-refractivity contribution >= 4 is 22.7 Å². The summed E-state index contributed by atoms with van der Waals surface area (Å²) in [5, 5.41) is 3.40. The molecular weight excluding hydrogens is 291 g/mol. The second-order valence-corrected chi connectivity index (χ2v) is 5.57. The Morgan fingerprint density at radius 1 is 1.19 bits per heavy atom. The number of benzene rings is 2. The molecule has 0 aliphatic carbocycles. The number of nitrogens with one attached hydrogen (secondary N) is 1. The molecule has 3 aromatic rings. The predicted molar refractivity (Wildman–Crippen MR) is 79.8 cm³/mol. The van der Waals surface area contributed by atoms with Gasteiger partial charge in [0.05, 0.1) is 5.02 Å². The maximum absolute atomic E-state index is 13.5. The fourth-order valence-electron chi connectivity index (χ4n) is 2.66. The maximum Gasteiger partial charge on any atom is 0.227 e. The molecule has 1 N–H and O–H groups in total. The molecule has 1 aromatic heterocycles. The third kappa shape index (κ3) is 2.20. The molecule has 0 unspecified atom stereocenters. The van der Waals surface area contributed by atoms with E-state index in [1.54, 1.807) is 0 Å². The average molecular weight is 303 g/mol. The number of nitrogens with zero attached hydrogens (tertiary/aromatic N) is 1. The normalized spacial score (nSPS) is 14.4. The molecule has 1 aliphatic rings. The minimum atomic E-state index is -0.499. The van der Waals surface area contributed by atoms with Crippen LogP contribution in [0.3, 0.4) is 0 Å². The van der Waals surface area contributed by atoms with Gasteiger partial charge in [-0.25, -0.2) is 9.37 Å². The van der Waals surface area contributed by atoms with Crippen LogP contribution < -0.4 is 5.32 Å². The molecular formula is C16H12ClFN2O. The Morgan fingerprint density at radius 2 is 2.10 bits per heavy atom. The van der Waals surface area contributed by atoms with Crippen molar-refractivity contribution < 1.29 is 8.81 Å². The van der Waals surface area contributed by atoms with Gasteiger partial charge in [0, 0.05) is 18.2 Å². The number of oxazole rings is 1. The summed E-state index contributed by atoms with van der Waals surface area (Å²) in [6.45, 7) is 1.86. The molecule has 3 nitrogen and oxygen atoms in total. The largest absolute Gasteiger partial charge is 0.436 e. The van der Waals surface area contributed by atoms with Crippen molar-refractivity contribution in [2.24, 2.45) is 0 Å². The highest BCUT2D eigenvalue weighted by Crippen LogP contribution is 2.29. The minimum absolute atomic E-state index is 0.0528. The van der Waals surface area contributed by atoms with Gasteiger partial charge in [-0.3, -0.25) is 0 Å². The predicted octanol–water partition coefficient (Wildman–Crippen LogP) is 3.93. The van der Waals surface area contributed by atoms with Gasteiger partial charge in [-0.15, -0.1) is 0 Å².